The van der Waals surface area contributed by atoms with E-state index in [-0.39, 0.29) is 6.61 Å². The summed E-state index contributed by atoms with van der Waals surface area (Å²) in [7, 11) is 1.70. The highest BCUT2D eigenvalue weighted by Gasteiger charge is 2.27. The molecular formula is C22H28F3N3O2. The molecule has 2 aromatic carbocycles. The summed E-state index contributed by atoms with van der Waals surface area (Å²) in [5.74, 6) is 0.652. The van der Waals surface area contributed by atoms with Crippen molar-refractivity contribution in [1.82, 2.24) is 10.6 Å². The van der Waals surface area contributed by atoms with Gasteiger partial charge in [0.2, 0.25) is 0 Å². The third-order valence-corrected chi connectivity index (χ3v) is 4.27. The predicted octanol–water partition coefficient (Wildman–Crippen LogP) is 4.17. The zero-order valence-electron chi connectivity index (χ0n) is 17.3. The molecule has 0 unspecified atom stereocenters. The van der Waals surface area contributed by atoms with Crippen LogP contribution in [0, 0.1) is 0 Å². The molecule has 0 saturated carbocycles. The van der Waals surface area contributed by atoms with E-state index in [1.54, 1.807) is 19.2 Å². The monoisotopic (exact) mass is 423 g/mol. The highest BCUT2D eigenvalue weighted by atomic mass is 19.4. The van der Waals surface area contributed by atoms with Crippen LogP contribution in [-0.4, -0.2) is 32.4 Å². The molecule has 0 atom stereocenters. The maximum Gasteiger partial charge on any atom is 0.411 e. The van der Waals surface area contributed by atoms with Gasteiger partial charge in [0.05, 0.1) is 13.2 Å². The molecule has 0 aliphatic carbocycles. The Labute approximate surface area is 175 Å². The minimum Gasteiger partial charge on any atom is -0.377 e. The van der Waals surface area contributed by atoms with Crippen molar-refractivity contribution in [3.63, 3.8) is 0 Å². The maximum atomic E-state index is 12.1. The number of halogens is 3. The Bertz CT molecular complexity index is 793. The zero-order chi connectivity index (χ0) is 21.8. The Morgan fingerprint density at radius 2 is 1.50 bits per heavy atom. The van der Waals surface area contributed by atoms with Gasteiger partial charge in [-0.15, -0.1) is 0 Å². The topological polar surface area (TPSA) is 54.9 Å². The van der Waals surface area contributed by atoms with Crippen molar-refractivity contribution in [2.24, 2.45) is 4.99 Å². The molecular weight excluding hydrogens is 395 g/mol. The molecule has 0 amide bonds. The molecule has 0 aliphatic rings. The second-order valence-corrected chi connectivity index (χ2v) is 6.61. The van der Waals surface area contributed by atoms with E-state index < -0.39 is 12.8 Å². The third kappa shape index (κ3) is 8.84. The largest absolute Gasteiger partial charge is 0.411 e. The summed E-state index contributed by atoms with van der Waals surface area (Å²) < 4.78 is 46.6. The van der Waals surface area contributed by atoms with Crippen molar-refractivity contribution in [3.8, 4) is 0 Å². The fraction of sp³-hybridized carbons (Fsp3) is 0.409. The van der Waals surface area contributed by atoms with Gasteiger partial charge in [-0.1, -0.05) is 48.5 Å². The number of alkyl halides is 3. The number of ether oxygens (including phenoxy) is 2. The van der Waals surface area contributed by atoms with Gasteiger partial charge in [0, 0.05) is 26.7 Å². The van der Waals surface area contributed by atoms with Crippen LogP contribution in [0.3, 0.4) is 0 Å². The summed E-state index contributed by atoms with van der Waals surface area (Å²) >= 11 is 0. The van der Waals surface area contributed by atoms with Crippen LogP contribution in [0.4, 0.5) is 13.2 Å². The lowest BCUT2D eigenvalue weighted by molar-refractivity contribution is -0.176. The molecule has 5 nitrogen and oxygen atoms in total. The van der Waals surface area contributed by atoms with Crippen molar-refractivity contribution in [3.05, 3.63) is 70.8 Å². The first-order chi connectivity index (χ1) is 14.4. The van der Waals surface area contributed by atoms with Gasteiger partial charge in [0.25, 0.3) is 0 Å². The quantitative estimate of drug-likeness (QED) is 0.445. The summed E-state index contributed by atoms with van der Waals surface area (Å²) in [4.78, 5) is 4.23. The van der Waals surface area contributed by atoms with Crippen LogP contribution < -0.4 is 10.6 Å². The van der Waals surface area contributed by atoms with Gasteiger partial charge < -0.3 is 20.1 Å². The molecule has 2 N–H and O–H groups in total. The summed E-state index contributed by atoms with van der Waals surface area (Å²) in [6.45, 7) is 3.03. The number of hydrogen-bond acceptors (Lipinski definition) is 3. The van der Waals surface area contributed by atoms with Crippen LogP contribution in [0.15, 0.2) is 53.5 Å². The first kappa shape index (κ1) is 23.7. The van der Waals surface area contributed by atoms with Gasteiger partial charge in [-0.3, -0.25) is 4.99 Å². The third-order valence-electron chi connectivity index (χ3n) is 4.27. The van der Waals surface area contributed by atoms with E-state index in [9.17, 15) is 13.2 Å². The second kappa shape index (κ2) is 12.2. The lowest BCUT2D eigenvalue weighted by atomic mass is 10.1. The number of hydrogen-bond donors (Lipinski definition) is 2. The summed E-state index contributed by atoms with van der Waals surface area (Å²) in [6, 6.07) is 15.3. The SMILES string of the molecule is CCOCc1ccccc1CNC(=NC)NCc1ccc(COCC(F)(F)F)cc1. The number of nitrogens with one attached hydrogen (secondary N) is 2. The normalized spacial score (nSPS) is 12.1. The fourth-order valence-electron chi connectivity index (χ4n) is 2.71. The Kier molecular flexibility index (Phi) is 9.63. The van der Waals surface area contributed by atoms with Crippen LogP contribution in [0.1, 0.15) is 29.2 Å². The van der Waals surface area contributed by atoms with Crippen LogP contribution in [0.5, 0.6) is 0 Å². The Balaban J connectivity index is 1.80. The Morgan fingerprint density at radius 1 is 0.867 bits per heavy atom. The zero-order valence-corrected chi connectivity index (χ0v) is 17.3. The summed E-state index contributed by atoms with van der Waals surface area (Å²) in [6.07, 6.45) is -4.31. The molecule has 0 spiro atoms. The van der Waals surface area contributed by atoms with Crippen molar-refractivity contribution in [2.45, 2.75) is 39.4 Å². The maximum absolute atomic E-state index is 12.1. The van der Waals surface area contributed by atoms with Crippen LogP contribution in [0.25, 0.3) is 0 Å². The molecule has 0 aliphatic heterocycles. The van der Waals surface area contributed by atoms with E-state index in [4.69, 9.17) is 4.74 Å². The van der Waals surface area contributed by atoms with E-state index >= 15 is 0 Å². The fourth-order valence-corrected chi connectivity index (χ4v) is 2.71. The lowest BCUT2D eigenvalue weighted by Crippen LogP contribution is -2.36. The number of guanidine groups is 1. The van der Waals surface area contributed by atoms with Crippen molar-refractivity contribution < 1.29 is 22.6 Å². The number of aliphatic imine (C=N–C) groups is 1. The van der Waals surface area contributed by atoms with Crippen molar-refractivity contribution in [2.75, 3.05) is 20.3 Å². The van der Waals surface area contributed by atoms with Gasteiger partial charge in [0.1, 0.15) is 6.61 Å². The molecule has 8 heteroatoms. The molecule has 164 valence electrons. The van der Waals surface area contributed by atoms with Crippen molar-refractivity contribution in [1.29, 1.82) is 0 Å². The van der Waals surface area contributed by atoms with E-state index in [1.807, 2.05) is 43.3 Å². The molecule has 0 fully saturated rings. The molecule has 0 saturated heterocycles. The van der Waals surface area contributed by atoms with Crippen LogP contribution in [-0.2, 0) is 35.8 Å². The molecule has 30 heavy (non-hydrogen) atoms. The number of benzene rings is 2. The smallest absolute Gasteiger partial charge is 0.377 e. The van der Waals surface area contributed by atoms with E-state index in [1.165, 1.54) is 0 Å². The van der Waals surface area contributed by atoms with Crippen LogP contribution in [0.2, 0.25) is 0 Å². The van der Waals surface area contributed by atoms with Crippen molar-refractivity contribution >= 4 is 5.96 Å². The Morgan fingerprint density at radius 3 is 2.13 bits per heavy atom. The Hall–Kier alpha value is -2.58. The molecule has 0 bridgehead atoms. The second-order valence-electron chi connectivity index (χ2n) is 6.61. The average Bonchev–Trinajstić information content (AvgIpc) is 2.73. The van der Waals surface area contributed by atoms with Crippen LogP contribution >= 0.6 is 0 Å². The van der Waals surface area contributed by atoms with Gasteiger partial charge in [-0.25, -0.2) is 0 Å². The number of nitrogens with zero attached hydrogens (tertiary/aromatic N) is 1. The highest BCUT2D eigenvalue weighted by molar-refractivity contribution is 5.79. The highest BCUT2D eigenvalue weighted by Crippen LogP contribution is 2.16. The molecule has 0 radical (unpaired) electrons. The average molecular weight is 423 g/mol. The van der Waals surface area contributed by atoms with Gasteiger partial charge >= 0.3 is 6.18 Å². The first-order valence-electron chi connectivity index (χ1n) is 9.72. The summed E-state index contributed by atoms with van der Waals surface area (Å²) in [5.41, 5.74) is 3.94. The van der Waals surface area contributed by atoms with E-state index in [0.717, 1.165) is 16.7 Å². The first-order valence-corrected chi connectivity index (χ1v) is 9.72. The number of rotatable bonds is 10. The van der Waals surface area contributed by atoms with Gasteiger partial charge in [-0.05, 0) is 29.2 Å². The molecule has 2 aromatic rings. The lowest BCUT2D eigenvalue weighted by Gasteiger charge is -2.14. The molecule has 0 aromatic heterocycles. The van der Waals surface area contributed by atoms with Gasteiger partial charge in [-0.2, -0.15) is 13.2 Å². The molecule has 0 heterocycles. The minimum absolute atomic E-state index is 0.0718. The van der Waals surface area contributed by atoms with E-state index in [2.05, 4.69) is 20.4 Å². The minimum atomic E-state index is -4.31. The predicted molar refractivity (Wildman–Crippen MR) is 111 cm³/mol. The van der Waals surface area contributed by atoms with Gasteiger partial charge in [0.15, 0.2) is 5.96 Å². The van der Waals surface area contributed by atoms with E-state index in [0.29, 0.717) is 37.8 Å². The summed E-state index contributed by atoms with van der Waals surface area (Å²) in [5, 5.41) is 6.51. The molecule has 2 rings (SSSR count). The standard InChI is InChI=1S/C22H28F3N3O2/c1-3-29-15-20-7-5-4-6-19(20)13-28-21(26-2)27-12-17-8-10-18(11-9-17)14-30-16-22(23,24)25/h4-11H,3,12-16H2,1-2H3,(H2,26,27,28).